The van der Waals surface area contributed by atoms with Crippen LogP contribution in [0.4, 0.5) is 5.69 Å². The number of anilines is 1. The van der Waals surface area contributed by atoms with E-state index in [9.17, 15) is 9.59 Å². The molecule has 0 fully saturated rings. The number of furan rings is 1. The second kappa shape index (κ2) is 6.89. The predicted octanol–water partition coefficient (Wildman–Crippen LogP) is 4.02. The zero-order chi connectivity index (χ0) is 15.4. The van der Waals surface area contributed by atoms with E-state index in [1.165, 1.54) is 12.1 Å². The lowest BCUT2D eigenvalue weighted by molar-refractivity contribution is -0.113. The van der Waals surface area contributed by atoms with Crippen LogP contribution in [0.25, 0.3) is 0 Å². The van der Waals surface area contributed by atoms with Crippen LogP contribution in [0.15, 0.2) is 39.8 Å². The van der Waals surface area contributed by atoms with Crippen LogP contribution in [0.3, 0.4) is 0 Å². The summed E-state index contributed by atoms with van der Waals surface area (Å²) in [6.07, 6.45) is 0. The van der Waals surface area contributed by atoms with Gasteiger partial charge in [0.1, 0.15) is 0 Å². The first-order valence-electron chi connectivity index (χ1n) is 5.67. The van der Waals surface area contributed by atoms with Crippen molar-refractivity contribution in [2.45, 2.75) is 5.09 Å². The van der Waals surface area contributed by atoms with Gasteiger partial charge in [0.25, 0.3) is 0 Å². The fourth-order valence-electron chi connectivity index (χ4n) is 1.44. The zero-order valence-corrected chi connectivity index (χ0v) is 12.8. The summed E-state index contributed by atoms with van der Waals surface area (Å²) in [5.74, 6) is -1.63. The van der Waals surface area contributed by atoms with Crippen molar-refractivity contribution < 1.29 is 19.1 Å². The number of halogens is 2. The molecule has 5 nitrogen and oxygen atoms in total. The minimum absolute atomic E-state index is 0.0358. The Morgan fingerprint density at radius 2 is 1.86 bits per heavy atom. The molecule has 0 aliphatic rings. The molecule has 0 spiro atoms. The molecule has 0 saturated heterocycles. The molecule has 0 bridgehead atoms. The fraction of sp³-hybridized carbons (Fsp3) is 0.0769. The maximum absolute atomic E-state index is 11.8. The quantitative estimate of drug-likeness (QED) is 0.800. The van der Waals surface area contributed by atoms with Gasteiger partial charge in [0, 0.05) is 0 Å². The Hall–Kier alpha value is -1.63. The number of aromatic carboxylic acids is 1. The van der Waals surface area contributed by atoms with E-state index in [1.54, 1.807) is 18.2 Å². The van der Waals surface area contributed by atoms with E-state index in [4.69, 9.17) is 32.7 Å². The molecule has 0 atom stereocenters. The highest BCUT2D eigenvalue weighted by atomic mass is 35.5. The summed E-state index contributed by atoms with van der Waals surface area (Å²) in [7, 11) is 0. The lowest BCUT2D eigenvalue weighted by atomic mass is 10.3. The number of nitrogens with one attached hydrogen (secondary N) is 1. The van der Waals surface area contributed by atoms with Crippen LogP contribution in [-0.2, 0) is 4.79 Å². The molecule has 2 rings (SSSR count). The highest BCUT2D eigenvalue weighted by Crippen LogP contribution is 2.30. The van der Waals surface area contributed by atoms with Gasteiger partial charge in [0.15, 0.2) is 5.09 Å². The number of carboxylic acids is 1. The molecule has 21 heavy (non-hydrogen) atoms. The van der Waals surface area contributed by atoms with Crippen LogP contribution in [0.1, 0.15) is 10.6 Å². The molecule has 2 aromatic rings. The van der Waals surface area contributed by atoms with Crippen LogP contribution < -0.4 is 5.32 Å². The Labute approximate surface area is 134 Å². The molecule has 0 radical (unpaired) electrons. The summed E-state index contributed by atoms with van der Waals surface area (Å²) >= 11 is 12.9. The molecule has 1 aromatic carbocycles. The number of hydrogen-bond acceptors (Lipinski definition) is 4. The first-order chi connectivity index (χ1) is 9.97. The number of carbonyl (C=O) groups is 2. The number of hydrogen-bond donors (Lipinski definition) is 2. The predicted molar refractivity (Wildman–Crippen MR) is 81.5 cm³/mol. The summed E-state index contributed by atoms with van der Waals surface area (Å²) in [5.41, 5.74) is 0.345. The van der Waals surface area contributed by atoms with E-state index in [0.29, 0.717) is 20.8 Å². The maximum Gasteiger partial charge on any atom is 0.371 e. The van der Waals surface area contributed by atoms with Gasteiger partial charge in [0.2, 0.25) is 11.7 Å². The van der Waals surface area contributed by atoms with Crippen LogP contribution in [0, 0.1) is 0 Å². The average molecular weight is 346 g/mol. The van der Waals surface area contributed by atoms with Crippen LogP contribution in [0.2, 0.25) is 10.0 Å². The largest absolute Gasteiger partial charge is 0.475 e. The van der Waals surface area contributed by atoms with Crippen LogP contribution >= 0.6 is 35.0 Å². The molecule has 8 heteroatoms. The van der Waals surface area contributed by atoms with Crippen molar-refractivity contribution in [3.63, 3.8) is 0 Å². The number of para-hydroxylation sites is 1. The Balaban J connectivity index is 1.94. The number of rotatable bonds is 5. The minimum Gasteiger partial charge on any atom is -0.475 e. The third kappa shape index (κ3) is 4.17. The molecular formula is C13H9Cl2NO4S. The highest BCUT2D eigenvalue weighted by molar-refractivity contribution is 7.99. The summed E-state index contributed by atoms with van der Waals surface area (Å²) in [6, 6.07) is 7.71. The molecule has 0 unspecified atom stereocenters. The third-order valence-electron chi connectivity index (χ3n) is 2.36. The Bertz CT molecular complexity index is 666. The van der Waals surface area contributed by atoms with Gasteiger partial charge >= 0.3 is 5.97 Å². The average Bonchev–Trinajstić information content (AvgIpc) is 2.90. The number of amides is 1. The Kier molecular flexibility index (Phi) is 5.17. The van der Waals surface area contributed by atoms with Gasteiger partial charge in [-0.25, -0.2) is 4.79 Å². The lowest BCUT2D eigenvalue weighted by Crippen LogP contribution is -2.14. The SMILES string of the molecule is O=C(CSc1ccc(C(=O)O)o1)Nc1c(Cl)cccc1Cl. The van der Waals surface area contributed by atoms with Gasteiger partial charge in [-0.15, -0.1) is 0 Å². The molecule has 0 aliphatic carbocycles. The minimum atomic E-state index is -1.16. The van der Waals surface area contributed by atoms with Crippen molar-refractivity contribution in [3.8, 4) is 0 Å². The van der Waals surface area contributed by atoms with Gasteiger partial charge < -0.3 is 14.8 Å². The summed E-state index contributed by atoms with van der Waals surface area (Å²) < 4.78 is 5.02. The topological polar surface area (TPSA) is 79.5 Å². The van der Waals surface area contributed by atoms with Crippen LogP contribution in [0.5, 0.6) is 0 Å². The normalized spacial score (nSPS) is 10.4. The molecule has 1 amide bonds. The first-order valence-corrected chi connectivity index (χ1v) is 7.41. The summed E-state index contributed by atoms with van der Waals surface area (Å²) in [4.78, 5) is 22.5. The van der Waals surface area contributed by atoms with Gasteiger partial charge in [-0.1, -0.05) is 41.0 Å². The zero-order valence-electron chi connectivity index (χ0n) is 10.4. The maximum atomic E-state index is 11.8. The number of benzene rings is 1. The third-order valence-corrected chi connectivity index (χ3v) is 3.91. The van der Waals surface area contributed by atoms with Gasteiger partial charge in [-0.3, -0.25) is 4.79 Å². The van der Waals surface area contributed by atoms with E-state index in [-0.39, 0.29) is 17.4 Å². The smallest absolute Gasteiger partial charge is 0.371 e. The first kappa shape index (κ1) is 15.8. The van der Waals surface area contributed by atoms with Crippen LogP contribution in [-0.4, -0.2) is 22.7 Å². The molecule has 110 valence electrons. The number of thioether (sulfide) groups is 1. The molecule has 2 N–H and O–H groups in total. The van der Waals surface area contributed by atoms with Crippen molar-refractivity contribution >= 4 is 52.5 Å². The lowest BCUT2D eigenvalue weighted by Gasteiger charge is -2.08. The Morgan fingerprint density at radius 3 is 2.43 bits per heavy atom. The second-order valence-corrected chi connectivity index (χ2v) is 5.65. The van der Waals surface area contributed by atoms with Crippen molar-refractivity contribution in [1.29, 1.82) is 0 Å². The molecular weight excluding hydrogens is 337 g/mol. The second-order valence-electron chi connectivity index (χ2n) is 3.86. The molecule has 0 aliphatic heterocycles. The molecule has 1 aromatic heterocycles. The number of carbonyl (C=O) groups excluding carboxylic acids is 1. The number of carboxylic acid groups (broad SMARTS) is 1. The monoisotopic (exact) mass is 345 g/mol. The standard InChI is InChI=1S/C13H9Cl2NO4S/c14-7-2-1-3-8(15)12(7)16-10(17)6-21-11-5-4-9(20-11)13(18)19/h1-5H,6H2,(H,16,17)(H,18,19). The molecule has 0 saturated carbocycles. The van der Waals surface area contributed by atoms with E-state index in [2.05, 4.69) is 5.32 Å². The van der Waals surface area contributed by atoms with E-state index in [1.807, 2.05) is 0 Å². The van der Waals surface area contributed by atoms with Crippen molar-refractivity contribution in [1.82, 2.24) is 0 Å². The van der Waals surface area contributed by atoms with Gasteiger partial charge in [-0.2, -0.15) is 0 Å². The van der Waals surface area contributed by atoms with E-state index >= 15 is 0 Å². The van der Waals surface area contributed by atoms with Crippen molar-refractivity contribution in [3.05, 3.63) is 46.1 Å². The van der Waals surface area contributed by atoms with Crippen molar-refractivity contribution in [2.75, 3.05) is 11.1 Å². The molecule has 1 heterocycles. The summed E-state index contributed by atoms with van der Waals surface area (Å²) in [6.45, 7) is 0. The summed E-state index contributed by atoms with van der Waals surface area (Å²) in [5, 5.41) is 12.3. The van der Waals surface area contributed by atoms with Crippen molar-refractivity contribution in [2.24, 2.45) is 0 Å². The van der Waals surface area contributed by atoms with E-state index in [0.717, 1.165) is 11.8 Å². The fourth-order valence-corrected chi connectivity index (χ4v) is 2.59. The van der Waals surface area contributed by atoms with Gasteiger partial charge in [0.05, 0.1) is 21.5 Å². The Morgan fingerprint density at radius 1 is 1.19 bits per heavy atom. The van der Waals surface area contributed by atoms with Gasteiger partial charge in [-0.05, 0) is 24.3 Å². The highest BCUT2D eigenvalue weighted by Gasteiger charge is 2.13. The van der Waals surface area contributed by atoms with E-state index < -0.39 is 5.97 Å².